The molecule has 1 fully saturated rings. The largest absolute Gasteiger partial charge is 0.447 e. The van der Waals surface area contributed by atoms with Crippen molar-refractivity contribution in [1.29, 1.82) is 0 Å². The van der Waals surface area contributed by atoms with Crippen molar-refractivity contribution in [1.82, 2.24) is 9.62 Å². The molecule has 0 saturated carbocycles. The molecule has 2 heterocycles. The third-order valence-corrected chi connectivity index (χ3v) is 7.37. The van der Waals surface area contributed by atoms with Gasteiger partial charge in [-0.1, -0.05) is 58.9 Å². The van der Waals surface area contributed by atoms with Crippen molar-refractivity contribution < 1.29 is 12.8 Å². The summed E-state index contributed by atoms with van der Waals surface area (Å²) in [5.41, 5.74) is 2.67. The molecule has 1 N–H and O–H groups in total. The van der Waals surface area contributed by atoms with E-state index in [4.69, 9.17) is 4.42 Å². The Morgan fingerprint density at radius 2 is 1.66 bits per heavy atom. The summed E-state index contributed by atoms with van der Waals surface area (Å²) in [6, 6.07) is 12.3. The smallest absolute Gasteiger partial charge is 0.276 e. The van der Waals surface area contributed by atoms with Crippen LogP contribution in [0.2, 0.25) is 0 Å². The van der Waals surface area contributed by atoms with Gasteiger partial charge >= 0.3 is 0 Å². The minimum Gasteiger partial charge on any atom is -0.447 e. The van der Waals surface area contributed by atoms with E-state index in [0.29, 0.717) is 31.3 Å². The number of furan rings is 1. The maximum absolute atomic E-state index is 12.6. The van der Waals surface area contributed by atoms with E-state index >= 15 is 0 Å². The van der Waals surface area contributed by atoms with E-state index in [0.717, 1.165) is 12.8 Å². The van der Waals surface area contributed by atoms with Crippen molar-refractivity contribution >= 4 is 10.0 Å². The van der Waals surface area contributed by atoms with E-state index in [-0.39, 0.29) is 16.5 Å². The van der Waals surface area contributed by atoms with Crippen molar-refractivity contribution in [2.45, 2.75) is 70.6 Å². The van der Waals surface area contributed by atoms with Gasteiger partial charge in [0, 0.05) is 19.1 Å². The fourth-order valence-electron chi connectivity index (χ4n) is 3.79. The molecule has 0 spiro atoms. The molecule has 1 unspecified atom stereocenters. The van der Waals surface area contributed by atoms with Crippen LogP contribution in [0.1, 0.15) is 70.4 Å². The van der Waals surface area contributed by atoms with Gasteiger partial charge in [-0.3, -0.25) is 0 Å². The zero-order valence-electron chi connectivity index (χ0n) is 18.2. The second-order valence-electron chi connectivity index (χ2n) is 9.31. The molecule has 1 aliphatic heterocycles. The highest BCUT2D eigenvalue weighted by atomic mass is 32.2. The van der Waals surface area contributed by atoms with Gasteiger partial charge < -0.3 is 9.73 Å². The van der Waals surface area contributed by atoms with Gasteiger partial charge in [0.2, 0.25) is 5.09 Å². The molecule has 1 aromatic heterocycles. The molecule has 2 aromatic rings. The first kappa shape index (κ1) is 22.1. The molecule has 1 aliphatic rings. The Hall–Kier alpha value is -1.63. The summed E-state index contributed by atoms with van der Waals surface area (Å²) in [4.78, 5) is 0. The Labute approximate surface area is 175 Å². The van der Waals surface area contributed by atoms with Gasteiger partial charge in [0.25, 0.3) is 10.0 Å². The van der Waals surface area contributed by atoms with Gasteiger partial charge in [-0.15, -0.1) is 0 Å². The van der Waals surface area contributed by atoms with Crippen LogP contribution in [0.15, 0.2) is 45.9 Å². The summed E-state index contributed by atoms with van der Waals surface area (Å²) in [5.74, 6) is 1.03. The van der Waals surface area contributed by atoms with Crippen LogP contribution in [0.5, 0.6) is 0 Å². The number of nitrogens with one attached hydrogen (secondary N) is 1. The van der Waals surface area contributed by atoms with Crippen LogP contribution in [0.25, 0.3) is 0 Å². The van der Waals surface area contributed by atoms with Crippen molar-refractivity contribution in [3.8, 4) is 0 Å². The second kappa shape index (κ2) is 8.62. The summed E-state index contributed by atoms with van der Waals surface area (Å²) < 4.78 is 32.5. The van der Waals surface area contributed by atoms with E-state index in [1.165, 1.54) is 15.4 Å². The molecule has 0 amide bonds. The molecule has 0 radical (unpaired) electrons. The van der Waals surface area contributed by atoms with Crippen LogP contribution in [0.3, 0.4) is 0 Å². The molecule has 5 nitrogen and oxygen atoms in total. The SMILES string of the molecule is CC(C)C(NCc1ccc(S(=O)(=O)N2CCCC2)o1)c1ccc(C(C)(C)C)cc1. The lowest BCUT2D eigenvalue weighted by Gasteiger charge is -2.24. The normalized spacial score (nSPS) is 17.2. The molecule has 1 atom stereocenters. The van der Waals surface area contributed by atoms with E-state index in [1.54, 1.807) is 12.1 Å². The molecule has 0 aliphatic carbocycles. The lowest BCUT2D eigenvalue weighted by Crippen LogP contribution is -2.27. The summed E-state index contributed by atoms with van der Waals surface area (Å²) in [6.07, 6.45) is 1.83. The third kappa shape index (κ3) is 5.11. The zero-order chi connectivity index (χ0) is 21.2. The van der Waals surface area contributed by atoms with Crippen LogP contribution in [-0.2, 0) is 22.0 Å². The molecule has 6 heteroatoms. The van der Waals surface area contributed by atoms with E-state index < -0.39 is 10.0 Å². The van der Waals surface area contributed by atoms with Gasteiger partial charge in [0.05, 0.1) is 6.54 Å². The summed E-state index contributed by atoms with van der Waals surface area (Å²) in [5, 5.41) is 3.59. The second-order valence-corrected chi connectivity index (χ2v) is 11.2. The standard InChI is InChI=1S/C23H34N2O3S/c1-17(2)22(18-8-10-19(11-9-18)23(3,4)5)24-16-20-12-13-21(28-20)29(26,27)25-14-6-7-15-25/h8-13,17,22,24H,6-7,14-16H2,1-5H3. The first-order valence-electron chi connectivity index (χ1n) is 10.5. The average molecular weight is 419 g/mol. The van der Waals surface area contributed by atoms with Crippen molar-refractivity contribution in [3.05, 3.63) is 53.3 Å². The third-order valence-electron chi connectivity index (χ3n) is 5.59. The molecule has 160 valence electrons. The zero-order valence-corrected chi connectivity index (χ0v) is 19.1. The van der Waals surface area contributed by atoms with Gasteiger partial charge in [0.1, 0.15) is 5.76 Å². The molecule has 0 bridgehead atoms. The number of sulfonamides is 1. The highest BCUT2D eigenvalue weighted by Gasteiger charge is 2.30. The maximum Gasteiger partial charge on any atom is 0.276 e. The van der Waals surface area contributed by atoms with Crippen LogP contribution in [0.4, 0.5) is 0 Å². The van der Waals surface area contributed by atoms with E-state index in [2.05, 4.69) is 64.2 Å². The molecule has 1 aromatic carbocycles. The molecule has 29 heavy (non-hydrogen) atoms. The van der Waals surface area contributed by atoms with Crippen LogP contribution >= 0.6 is 0 Å². The average Bonchev–Trinajstić information content (AvgIpc) is 3.34. The predicted molar refractivity (Wildman–Crippen MR) is 116 cm³/mol. The Bertz CT molecular complexity index is 902. The van der Waals surface area contributed by atoms with Crippen LogP contribution in [0, 0.1) is 5.92 Å². The number of benzene rings is 1. The van der Waals surface area contributed by atoms with Crippen LogP contribution in [-0.4, -0.2) is 25.8 Å². The Balaban J connectivity index is 1.69. The van der Waals surface area contributed by atoms with Gasteiger partial charge in [0.15, 0.2) is 0 Å². The Morgan fingerprint density at radius 1 is 1.03 bits per heavy atom. The first-order valence-corrected chi connectivity index (χ1v) is 12.0. The molecule has 3 rings (SSSR count). The summed E-state index contributed by atoms with van der Waals surface area (Å²) in [7, 11) is -3.50. The molecular formula is C23H34N2O3S. The quantitative estimate of drug-likeness (QED) is 0.698. The van der Waals surface area contributed by atoms with Crippen LogP contribution < -0.4 is 5.32 Å². The summed E-state index contributed by atoms with van der Waals surface area (Å²) >= 11 is 0. The van der Waals surface area contributed by atoms with E-state index in [1.807, 2.05) is 0 Å². The molecule has 1 saturated heterocycles. The lowest BCUT2D eigenvalue weighted by molar-refractivity contribution is 0.352. The van der Waals surface area contributed by atoms with Crippen molar-refractivity contribution in [2.24, 2.45) is 5.92 Å². The Morgan fingerprint density at radius 3 is 2.21 bits per heavy atom. The van der Waals surface area contributed by atoms with Crippen molar-refractivity contribution in [2.75, 3.05) is 13.1 Å². The highest BCUT2D eigenvalue weighted by molar-refractivity contribution is 7.89. The number of hydrogen-bond acceptors (Lipinski definition) is 4. The maximum atomic E-state index is 12.6. The van der Waals surface area contributed by atoms with Gasteiger partial charge in [-0.05, 0) is 47.4 Å². The Kier molecular flexibility index (Phi) is 6.56. The number of nitrogens with zero attached hydrogens (tertiary/aromatic N) is 1. The van der Waals surface area contributed by atoms with E-state index in [9.17, 15) is 8.42 Å². The number of rotatable bonds is 7. The fraction of sp³-hybridized carbons (Fsp3) is 0.565. The topological polar surface area (TPSA) is 62.6 Å². The highest BCUT2D eigenvalue weighted by Crippen LogP contribution is 2.28. The molecular weight excluding hydrogens is 384 g/mol. The van der Waals surface area contributed by atoms with Gasteiger partial charge in [-0.2, -0.15) is 4.31 Å². The summed E-state index contributed by atoms with van der Waals surface area (Å²) in [6.45, 7) is 12.6. The van der Waals surface area contributed by atoms with Gasteiger partial charge in [-0.25, -0.2) is 8.42 Å². The minimum absolute atomic E-state index is 0.0480. The fourth-order valence-corrected chi connectivity index (χ4v) is 5.23. The lowest BCUT2D eigenvalue weighted by atomic mass is 9.85. The number of hydrogen-bond donors (Lipinski definition) is 1. The monoisotopic (exact) mass is 418 g/mol. The first-order chi connectivity index (χ1) is 13.6. The van der Waals surface area contributed by atoms with Crippen molar-refractivity contribution in [3.63, 3.8) is 0 Å². The predicted octanol–water partition coefficient (Wildman–Crippen LogP) is 4.85. The minimum atomic E-state index is -3.50.